The van der Waals surface area contributed by atoms with Crippen LogP contribution in [0.3, 0.4) is 0 Å². The van der Waals surface area contributed by atoms with Crippen LogP contribution >= 0.6 is 15.9 Å². The molecule has 0 unspecified atom stereocenters. The molecule has 0 aliphatic heterocycles. The van der Waals surface area contributed by atoms with Gasteiger partial charge in [0.25, 0.3) is 0 Å². The molecule has 0 fully saturated rings. The molecule has 0 radical (unpaired) electrons. The molecule has 22 heavy (non-hydrogen) atoms. The number of halogens is 1. The number of aromatic nitrogens is 3. The van der Waals surface area contributed by atoms with Crippen molar-refractivity contribution < 1.29 is 4.42 Å². The standard InChI is InChI=1S/C15H8BrN3O2Se/c16-10-7-5-9(6-8-10)13-17-18-15(21-13)19-14(20)11-3-1-2-4-12(11)22-19/h1-8H. The van der Waals surface area contributed by atoms with E-state index in [0.29, 0.717) is 11.3 Å². The third-order valence-electron chi connectivity index (χ3n) is 3.17. The van der Waals surface area contributed by atoms with Crippen LogP contribution in [0.1, 0.15) is 0 Å². The molecule has 0 spiro atoms. The number of hydrogen-bond acceptors (Lipinski definition) is 4. The summed E-state index contributed by atoms with van der Waals surface area (Å²) in [5, 5.41) is 8.78. The third-order valence-corrected chi connectivity index (χ3v) is 5.92. The Kier molecular flexibility index (Phi) is 3.33. The molecule has 4 aromatic rings. The molecule has 4 rings (SSSR count). The van der Waals surface area contributed by atoms with Gasteiger partial charge in [0.05, 0.1) is 0 Å². The van der Waals surface area contributed by atoms with Gasteiger partial charge in [0, 0.05) is 0 Å². The molecule has 2 aromatic heterocycles. The van der Waals surface area contributed by atoms with Gasteiger partial charge in [-0.1, -0.05) is 0 Å². The Morgan fingerprint density at radius 2 is 1.82 bits per heavy atom. The van der Waals surface area contributed by atoms with Crippen molar-refractivity contribution in [3.63, 3.8) is 0 Å². The van der Waals surface area contributed by atoms with Crippen LogP contribution < -0.4 is 5.56 Å². The minimum absolute atomic E-state index is 0.0818. The number of fused-ring (bicyclic) bond motifs is 1. The van der Waals surface area contributed by atoms with Crippen LogP contribution in [0.5, 0.6) is 0 Å². The van der Waals surface area contributed by atoms with Crippen molar-refractivity contribution in [2.24, 2.45) is 0 Å². The second-order valence-electron chi connectivity index (χ2n) is 4.58. The first-order valence-electron chi connectivity index (χ1n) is 6.43. The van der Waals surface area contributed by atoms with Crippen molar-refractivity contribution in [1.82, 2.24) is 13.8 Å². The Morgan fingerprint density at radius 3 is 2.59 bits per heavy atom. The zero-order valence-corrected chi connectivity index (χ0v) is 14.4. The Morgan fingerprint density at radius 1 is 1.05 bits per heavy atom. The molecule has 108 valence electrons. The van der Waals surface area contributed by atoms with Gasteiger partial charge in [-0.2, -0.15) is 0 Å². The predicted octanol–water partition coefficient (Wildman–Crippen LogP) is 2.86. The van der Waals surface area contributed by atoms with Gasteiger partial charge in [0.15, 0.2) is 0 Å². The van der Waals surface area contributed by atoms with E-state index >= 15 is 0 Å². The zero-order chi connectivity index (χ0) is 15.1. The van der Waals surface area contributed by atoms with Gasteiger partial charge >= 0.3 is 139 Å². The first kappa shape index (κ1) is 13.7. The molecule has 0 N–H and O–H groups in total. The molecule has 0 bridgehead atoms. The van der Waals surface area contributed by atoms with Crippen LogP contribution in [0.15, 0.2) is 62.2 Å². The van der Waals surface area contributed by atoms with Crippen LogP contribution in [0.4, 0.5) is 0 Å². The SMILES string of the molecule is O=c1c2ccccc2[se]n1-c1nnc(-c2ccc(Br)cc2)o1. The van der Waals surface area contributed by atoms with E-state index < -0.39 is 0 Å². The first-order chi connectivity index (χ1) is 10.7. The molecule has 0 aliphatic rings. The van der Waals surface area contributed by atoms with Crippen molar-refractivity contribution in [1.29, 1.82) is 0 Å². The van der Waals surface area contributed by atoms with Gasteiger partial charge in [0.2, 0.25) is 0 Å². The first-order valence-corrected chi connectivity index (χ1v) is 8.85. The van der Waals surface area contributed by atoms with Gasteiger partial charge in [-0.3, -0.25) is 0 Å². The summed E-state index contributed by atoms with van der Waals surface area (Å²) < 4.78 is 9.25. The van der Waals surface area contributed by atoms with Crippen molar-refractivity contribution >= 4 is 40.3 Å². The van der Waals surface area contributed by atoms with Gasteiger partial charge in [-0.25, -0.2) is 0 Å². The Labute approximate surface area is 139 Å². The Bertz CT molecular complexity index is 1020. The van der Waals surface area contributed by atoms with Crippen LogP contribution in [-0.2, 0) is 0 Å². The Balaban J connectivity index is 1.81. The predicted molar refractivity (Wildman–Crippen MR) is 87.5 cm³/mol. The average Bonchev–Trinajstić information content (AvgIpc) is 3.14. The molecule has 2 aromatic carbocycles. The molecule has 5 nitrogen and oxygen atoms in total. The van der Waals surface area contributed by atoms with E-state index in [1.54, 1.807) is 3.56 Å². The van der Waals surface area contributed by atoms with Crippen molar-refractivity contribution in [2.45, 2.75) is 0 Å². The molecule has 0 aliphatic carbocycles. The maximum absolute atomic E-state index is 12.4. The van der Waals surface area contributed by atoms with Crippen LogP contribution in [0, 0.1) is 0 Å². The van der Waals surface area contributed by atoms with Crippen LogP contribution in [0.25, 0.3) is 27.1 Å². The molecule has 7 heteroatoms. The summed E-state index contributed by atoms with van der Waals surface area (Å²) in [6.07, 6.45) is 0. The van der Waals surface area contributed by atoms with Gasteiger partial charge < -0.3 is 0 Å². The summed E-state index contributed by atoms with van der Waals surface area (Å²) in [6, 6.07) is 15.4. The number of nitrogens with zero attached hydrogens (tertiary/aromatic N) is 3. The number of hydrogen-bond donors (Lipinski definition) is 0. The van der Waals surface area contributed by atoms with E-state index in [2.05, 4.69) is 26.1 Å². The van der Waals surface area contributed by atoms with E-state index in [1.807, 2.05) is 48.5 Å². The van der Waals surface area contributed by atoms with E-state index in [9.17, 15) is 4.79 Å². The Hall–Kier alpha value is -1.95. The van der Waals surface area contributed by atoms with Gasteiger partial charge in [-0.15, -0.1) is 0 Å². The third kappa shape index (κ3) is 2.27. The molecule has 0 atom stereocenters. The molecule has 0 amide bonds. The molecular formula is C15H8BrN3O2Se. The second-order valence-corrected chi connectivity index (χ2v) is 7.57. The summed E-state index contributed by atoms with van der Waals surface area (Å²) in [6.45, 7) is 0. The summed E-state index contributed by atoms with van der Waals surface area (Å²) >= 11 is 3.22. The fraction of sp³-hybridized carbons (Fsp3) is 0. The number of rotatable bonds is 2. The normalized spacial score (nSPS) is 11.1. The molecular weight excluding hydrogens is 413 g/mol. The summed E-state index contributed by atoms with van der Waals surface area (Å²) in [7, 11) is 0. The topological polar surface area (TPSA) is 60.9 Å². The van der Waals surface area contributed by atoms with Crippen molar-refractivity contribution in [3.8, 4) is 17.5 Å². The fourth-order valence-electron chi connectivity index (χ4n) is 2.10. The average molecular weight is 421 g/mol. The summed E-state index contributed by atoms with van der Waals surface area (Å²) in [4.78, 5) is 12.4. The second kappa shape index (κ2) is 5.35. The van der Waals surface area contributed by atoms with Crippen molar-refractivity contribution in [2.75, 3.05) is 0 Å². The van der Waals surface area contributed by atoms with E-state index in [0.717, 1.165) is 14.3 Å². The van der Waals surface area contributed by atoms with Gasteiger partial charge in [-0.05, 0) is 0 Å². The quantitative estimate of drug-likeness (QED) is 0.468. The molecule has 0 saturated carbocycles. The van der Waals surface area contributed by atoms with E-state index in [4.69, 9.17) is 4.42 Å². The molecule has 2 heterocycles. The zero-order valence-electron chi connectivity index (χ0n) is 11.1. The van der Waals surface area contributed by atoms with Crippen LogP contribution in [0.2, 0.25) is 0 Å². The molecule has 0 saturated heterocycles. The van der Waals surface area contributed by atoms with E-state index in [1.165, 1.54) is 0 Å². The summed E-state index contributed by atoms with van der Waals surface area (Å²) in [5.74, 6) is 0.405. The van der Waals surface area contributed by atoms with Crippen LogP contribution in [-0.4, -0.2) is 28.5 Å². The monoisotopic (exact) mass is 421 g/mol. The van der Waals surface area contributed by atoms with E-state index in [-0.39, 0.29) is 26.3 Å². The minimum atomic E-state index is -0.169. The van der Waals surface area contributed by atoms with Crippen molar-refractivity contribution in [3.05, 3.63) is 63.4 Å². The fourth-order valence-corrected chi connectivity index (χ4v) is 4.31. The van der Waals surface area contributed by atoms with Gasteiger partial charge in [0.1, 0.15) is 0 Å². The summed E-state index contributed by atoms with van der Waals surface area (Å²) in [5.41, 5.74) is 0.736. The number of benzene rings is 2. The maximum atomic E-state index is 12.4.